The van der Waals surface area contributed by atoms with Crippen LogP contribution >= 0.6 is 0 Å². The van der Waals surface area contributed by atoms with Gasteiger partial charge in [0.2, 0.25) is 0 Å². The molecular weight excluding hydrogens is 284 g/mol. The molecule has 3 rings (SSSR count). The van der Waals surface area contributed by atoms with Gasteiger partial charge >= 0.3 is 0 Å². The summed E-state index contributed by atoms with van der Waals surface area (Å²) in [5.41, 5.74) is 0. The lowest BCUT2D eigenvalue weighted by molar-refractivity contribution is -0.0265. The van der Waals surface area contributed by atoms with Crippen molar-refractivity contribution in [1.82, 2.24) is 19.7 Å². The lowest BCUT2D eigenvalue weighted by Crippen LogP contribution is -2.40. The molecule has 1 aromatic heterocycles. The minimum Gasteiger partial charge on any atom is -0.389 e. The molecule has 0 radical (unpaired) electrons. The number of hydrogen-bond donors (Lipinski definition) is 1. The lowest BCUT2D eigenvalue weighted by Gasteiger charge is -2.26. The highest BCUT2D eigenvalue weighted by atomic mass is 16.5. The van der Waals surface area contributed by atoms with Crippen LogP contribution in [-0.4, -0.2) is 75.9 Å². The molecule has 0 amide bonds. The van der Waals surface area contributed by atoms with Crippen molar-refractivity contribution in [3.63, 3.8) is 0 Å². The predicted octanol–water partition coefficient (Wildman–Crippen LogP) is 0.299. The summed E-state index contributed by atoms with van der Waals surface area (Å²) in [4.78, 5) is 6.32. The molecule has 0 aromatic carbocycles. The van der Waals surface area contributed by atoms with E-state index in [0.717, 1.165) is 39.0 Å². The number of aromatic nitrogens is 3. The van der Waals surface area contributed by atoms with Crippen LogP contribution in [0.3, 0.4) is 0 Å². The molecule has 1 N–H and O–H groups in total. The zero-order valence-electron chi connectivity index (χ0n) is 13.0. The Morgan fingerprint density at radius 1 is 1.36 bits per heavy atom. The van der Waals surface area contributed by atoms with Gasteiger partial charge in [-0.1, -0.05) is 0 Å². The number of hydrogen-bond acceptors (Lipinski definition) is 6. The zero-order chi connectivity index (χ0) is 15.2. The average molecular weight is 310 g/mol. The fraction of sp³-hybridized carbons (Fsp3) is 0.867. The smallest absolute Gasteiger partial charge is 0.137 e. The van der Waals surface area contributed by atoms with E-state index in [1.807, 2.05) is 4.68 Å². The van der Waals surface area contributed by atoms with Crippen molar-refractivity contribution < 1.29 is 14.6 Å². The van der Waals surface area contributed by atoms with Gasteiger partial charge in [-0.25, -0.2) is 4.98 Å². The van der Waals surface area contributed by atoms with E-state index in [4.69, 9.17) is 9.47 Å². The Bertz CT molecular complexity index is 422. The van der Waals surface area contributed by atoms with Gasteiger partial charge in [0.25, 0.3) is 0 Å². The fourth-order valence-electron chi connectivity index (χ4n) is 3.32. The summed E-state index contributed by atoms with van der Waals surface area (Å²) in [6.07, 6.45) is 7.59. The van der Waals surface area contributed by atoms with Crippen LogP contribution in [0.25, 0.3) is 0 Å². The zero-order valence-corrected chi connectivity index (χ0v) is 13.0. The Hall–Kier alpha value is -1.02. The number of rotatable bonds is 8. The lowest BCUT2D eigenvalue weighted by atomic mass is 10.2. The number of β-amino-alcohol motifs (C(OH)–C–C–N with tert-alkyl or cyclic N) is 1. The van der Waals surface area contributed by atoms with Gasteiger partial charge in [0.15, 0.2) is 0 Å². The SMILES string of the molecule is O[C@H](COC[C@H]1CCCO1)CN1CCC[C@H]1Cn1cncn1. The first-order valence-corrected chi connectivity index (χ1v) is 8.25. The molecule has 22 heavy (non-hydrogen) atoms. The Kier molecular flexibility index (Phi) is 5.77. The highest BCUT2D eigenvalue weighted by molar-refractivity contribution is 4.81. The van der Waals surface area contributed by atoms with Crippen LogP contribution in [-0.2, 0) is 16.0 Å². The topological polar surface area (TPSA) is 72.6 Å². The van der Waals surface area contributed by atoms with Crippen molar-refractivity contribution in [2.75, 3.05) is 32.9 Å². The maximum absolute atomic E-state index is 10.2. The third-order valence-corrected chi connectivity index (χ3v) is 4.45. The number of likely N-dealkylation sites (tertiary alicyclic amines) is 1. The molecular formula is C15H26N4O3. The molecule has 0 aliphatic carbocycles. The third kappa shape index (κ3) is 4.49. The molecule has 2 aliphatic heterocycles. The van der Waals surface area contributed by atoms with Crippen LogP contribution in [0.4, 0.5) is 0 Å². The average Bonchev–Trinajstić information content (AvgIpc) is 3.23. The van der Waals surface area contributed by atoms with Gasteiger partial charge in [-0.2, -0.15) is 5.10 Å². The van der Waals surface area contributed by atoms with Crippen LogP contribution in [0, 0.1) is 0 Å². The minimum absolute atomic E-state index is 0.221. The minimum atomic E-state index is -0.447. The molecule has 2 aliphatic rings. The largest absolute Gasteiger partial charge is 0.389 e. The van der Waals surface area contributed by atoms with Gasteiger partial charge < -0.3 is 14.6 Å². The van der Waals surface area contributed by atoms with E-state index in [0.29, 0.717) is 25.8 Å². The molecule has 3 atom stereocenters. The van der Waals surface area contributed by atoms with Crippen LogP contribution in [0.2, 0.25) is 0 Å². The molecule has 124 valence electrons. The van der Waals surface area contributed by atoms with Gasteiger partial charge in [-0.3, -0.25) is 9.58 Å². The van der Waals surface area contributed by atoms with Crippen molar-refractivity contribution in [2.24, 2.45) is 0 Å². The van der Waals surface area contributed by atoms with Crippen molar-refractivity contribution in [2.45, 2.75) is 50.5 Å². The molecule has 3 heterocycles. The van der Waals surface area contributed by atoms with E-state index < -0.39 is 6.10 Å². The summed E-state index contributed by atoms with van der Waals surface area (Å²) in [6, 6.07) is 0.425. The van der Waals surface area contributed by atoms with E-state index >= 15 is 0 Å². The molecule has 7 heteroatoms. The molecule has 0 spiro atoms. The Labute approximate surface area is 131 Å². The summed E-state index contributed by atoms with van der Waals surface area (Å²) >= 11 is 0. The Balaban J connectivity index is 1.37. The summed E-state index contributed by atoms with van der Waals surface area (Å²) in [6.45, 7) is 4.34. The first kappa shape index (κ1) is 15.9. The van der Waals surface area contributed by atoms with Crippen molar-refractivity contribution in [3.8, 4) is 0 Å². The molecule has 0 saturated carbocycles. The number of ether oxygens (including phenoxy) is 2. The molecule has 0 unspecified atom stereocenters. The number of aliphatic hydroxyl groups is 1. The van der Waals surface area contributed by atoms with Gasteiger partial charge in [-0.05, 0) is 32.2 Å². The molecule has 1 aromatic rings. The Morgan fingerprint density at radius 3 is 3.09 bits per heavy atom. The van der Waals surface area contributed by atoms with E-state index in [1.165, 1.54) is 6.42 Å². The maximum atomic E-state index is 10.2. The summed E-state index contributed by atoms with van der Waals surface area (Å²) in [5, 5.41) is 14.3. The van der Waals surface area contributed by atoms with Crippen LogP contribution < -0.4 is 0 Å². The predicted molar refractivity (Wildman–Crippen MR) is 80.4 cm³/mol. The van der Waals surface area contributed by atoms with Crippen molar-refractivity contribution in [1.29, 1.82) is 0 Å². The van der Waals surface area contributed by atoms with Gasteiger partial charge in [-0.15, -0.1) is 0 Å². The molecule has 7 nitrogen and oxygen atoms in total. The summed E-state index contributed by atoms with van der Waals surface area (Å²) in [5.74, 6) is 0. The molecule has 2 saturated heterocycles. The first-order valence-electron chi connectivity index (χ1n) is 8.25. The van der Waals surface area contributed by atoms with Crippen molar-refractivity contribution >= 4 is 0 Å². The van der Waals surface area contributed by atoms with E-state index in [-0.39, 0.29) is 6.10 Å². The van der Waals surface area contributed by atoms with Gasteiger partial charge in [0.05, 0.1) is 32.0 Å². The summed E-state index contributed by atoms with van der Waals surface area (Å²) in [7, 11) is 0. The van der Waals surface area contributed by atoms with Crippen LogP contribution in [0.5, 0.6) is 0 Å². The first-order chi connectivity index (χ1) is 10.8. The van der Waals surface area contributed by atoms with Crippen molar-refractivity contribution in [3.05, 3.63) is 12.7 Å². The second-order valence-corrected chi connectivity index (χ2v) is 6.23. The fourth-order valence-corrected chi connectivity index (χ4v) is 3.32. The van der Waals surface area contributed by atoms with Crippen LogP contribution in [0.1, 0.15) is 25.7 Å². The quantitative estimate of drug-likeness (QED) is 0.744. The van der Waals surface area contributed by atoms with E-state index in [1.54, 1.807) is 12.7 Å². The standard InChI is InChI=1S/C15H26N4O3/c20-14(9-21-10-15-4-2-6-22-15)8-18-5-1-3-13(18)7-19-12-16-11-17-19/h11-15,20H,1-10H2/t13-,14-,15+/m0/s1. The second kappa shape index (κ2) is 8.01. The van der Waals surface area contributed by atoms with Crippen LogP contribution in [0.15, 0.2) is 12.7 Å². The monoisotopic (exact) mass is 310 g/mol. The van der Waals surface area contributed by atoms with E-state index in [9.17, 15) is 5.11 Å². The van der Waals surface area contributed by atoms with E-state index in [2.05, 4.69) is 15.0 Å². The number of nitrogens with zero attached hydrogens (tertiary/aromatic N) is 4. The summed E-state index contributed by atoms with van der Waals surface area (Å²) < 4.78 is 13.0. The Morgan fingerprint density at radius 2 is 2.32 bits per heavy atom. The van der Waals surface area contributed by atoms with Gasteiger partial charge in [0, 0.05) is 19.2 Å². The number of aliphatic hydroxyl groups excluding tert-OH is 1. The highest BCUT2D eigenvalue weighted by Crippen LogP contribution is 2.19. The second-order valence-electron chi connectivity index (χ2n) is 6.23. The molecule has 0 bridgehead atoms. The normalized spacial score (nSPS) is 27.5. The third-order valence-electron chi connectivity index (χ3n) is 4.45. The van der Waals surface area contributed by atoms with Gasteiger partial charge in [0.1, 0.15) is 12.7 Å². The maximum Gasteiger partial charge on any atom is 0.137 e. The highest BCUT2D eigenvalue weighted by Gasteiger charge is 2.27. The molecule has 2 fully saturated rings.